The summed E-state index contributed by atoms with van der Waals surface area (Å²) in [4.78, 5) is 19.3. The first-order chi connectivity index (χ1) is 8.27. The summed E-state index contributed by atoms with van der Waals surface area (Å²) in [5.74, 6) is 0.225. The van der Waals surface area contributed by atoms with E-state index in [1.165, 1.54) is 18.7 Å². The van der Waals surface area contributed by atoms with Gasteiger partial charge in [0.05, 0.1) is 10.6 Å². The molecule has 0 aliphatic heterocycles. The quantitative estimate of drug-likeness (QED) is 0.881. The third kappa shape index (κ3) is 3.01. The van der Waals surface area contributed by atoms with Crippen molar-refractivity contribution in [3.63, 3.8) is 0 Å². The summed E-state index contributed by atoms with van der Waals surface area (Å²) in [6.07, 6.45) is 4.73. The standard InChI is InChI=1S/C10H9ClN4O2/c11-8-5-12-3-1-7(8)10(16)13-4-2-9-14-6-15-17-9/h1,3,5-6H,2,4H2,(H,13,16). The summed E-state index contributed by atoms with van der Waals surface area (Å²) in [5.41, 5.74) is 0.396. The van der Waals surface area contributed by atoms with Gasteiger partial charge in [-0.2, -0.15) is 4.98 Å². The van der Waals surface area contributed by atoms with Crippen molar-refractivity contribution in [3.8, 4) is 0 Å². The molecular weight excluding hydrogens is 244 g/mol. The van der Waals surface area contributed by atoms with Crippen LogP contribution in [-0.2, 0) is 6.42 Å². The van der Waals surface area contributed by atoms with Crippen LogP contribution in [0.1, 0.15) is 16.2 Å². The van der Waals surface area contributed by atoms with E-state index in [2.05, 4.69) is 20.4 Å². The zero-order valence-electron chi connectivity index (χ0n) is 8.76. The number of nitrogens with one attached hydrogen (secondary N) is 1. The molecule has 0 atom stereocenters. The summed E-state index contributed by atoms with van der Waals surface area (Å²) in [7, 11) is 0. The maximum Gasteiger partial charge on any atom is 0.252 e. The maximum absolute atomic E-state index is 11.7. The Morgan fingerprint density at radius 3 is 3.12 bits per heavy atom. The average molecular weight is 253 g/mol. The van der Waals surface area contributed by atoms with Crippen molar-refractivity contribution in [1.29, 1.82) is 0 Å². The molecule has 0 aliphatic rings. The molecule has 6 nitrogen and oxygen atoms in total. The van der Waals surface area contributed by atoms with E-state index >= 15 is 0 Å². The fraction of sp³-hybridized carbons (Fsp3) is 0.200. The Kier molecular flexibility index (Phi) is 3.66. The van der Waals surface area contributed by atoms with Gasteiger partial charge >= 0.3 is 0 Å². The highest BCUT2D eigenvalue weighted by Gasteiger charge is 2.09. The second-order valence-corrected chi connectivity index (χ2v) is 3.60. The fourth-order valence-corrected chi connectivity index (χ4v) is 1.45. The Balaban J connectivity index is 1.88. The van der Waals surface area contributed by atoms with Gasteiger partial charge in [0, 0.05) is 25.4 Å². The number of carbonyl (C=O) groups excluding carboxylic acids is 1. The van der Waals surface area contributed by atoms with Gasteiger partial charge in [-0.05, 0) is 6.07 Å². The van der Waals surface area contributed by atoms with Gasteiger partial charge in [0.1, 0.15) is 0 Å². The predicted molar refractivity (Wildman–Crippen MR) is 59.6 cm³/mol. The zero-order valence-corrected chi connectivity index (χ0v) is 9.52. The molecule has 2 aromatic heterocycles. The number of amides is 1. The van der Waals surface area contributed by atoms with E-state index in [1.807, 2.05) is 0 Å². The summed E-state index contributed by atoms with van der Waals surface area (Å²) < 4.78 is 4.80. The predicted octanol–water partition coefficient (Wildman–Crippen LogP) is 1.09. The van der Waals surface area contributed by atoms with Gasteiger partial charge in [-0.15, -0.1) is 0 Å². The average Bonchev–Trinajstić information content (AvgIpc) is 2.82. The van der Waals surface area contributed by atoms with E-state index < -0.39 is 0 Å². The number of hydrogen-bond acceptors (Lipinski definition) is 5. The van der Waals surface area contributed by atoms with Crippen LogP contribution in [0, 0.1) is 0 Å². The van der Waals surface area contributed by atoms with Crippen LogP contribution in [0.4, 0.5) is 0 Å². The molecule has 2 aromatic rings. The molecule has 0 aromatic carbocycles. The summed E-state index contributed by atoms with van der Waals surface area (Å²) in [6, 6.07) is 1.56. The summed E-state index contributed by atoms with van der Waals surface area (Å²) >= 11 is 5.83. The Hall–Kier alpha value is -1.95. The Morgan fingerprint density at radius 1 is 1.53 bits per heavy atom. The number of pyridine rings is 1. The lowest BCUT2D eigenvalue weighted by Crippen LogP contribution is -2.26. The molecule has 2 rings (SSSR count). The minimum atomic E-state index is -0.253. The lowest BCUT2D eigenvalue weighted by atomic mass is 10.2. The minimum Gasteiger partial charge on any atom is -0.351 e. The van der Waals surface area contributed by atoms with Crippen molar-refractivity contribution < 1.29 is 9.32 Å². The van der Waals surface area contributed by atoms with Crippen LogP contribution in [0.5, 0.6) is 0 Å². The largest absolute Gasteiger partial charge is 0.351 e. The third-order valence-electron chi connectivity index (χ3n) is 2.05. The van der Waals surface area contributed by atoms with Gasteiger partial charge in [-0.1, -0.05) is 16.8 Å². The zero-order chi connectivity index (χ0) is 12.1. The van der Waals surface area contributed by atoms with Crippen LogP contribution in [-0.4, -0.2) is 27.6 Å². The summed E-state index contributed by atoms with van der Waals surface area (Å²) in [6.45, 7) is 0.402. The number of carbonyl (C=O) groups is 1. The second-order valence-electron chi connectivity index (χ2n) is 3.20. The molecule has 0 radical (unpaired) electrons. The molecule has 17 heavy (non-hydrogen) atoms. The van der Waals surface area contributed by atoms with E-state index in [1.54, 1.807) is 6.07 Å². The van der Waals surface area contributed by atoms with Crippen LogP contribution in [0.3, 0.4) is 0 Å². The van der Waals surface area contributed by atoms with Gasteiger partial charge in [0.25, 0.3) is 5.91 Å². The molecule has 0 fully saturated rings. The van der Waals surface area contributed by atoms with Crippen LogP contribution in [0.15, 0.2) is 29.3 Å². The first kappa shape index (κ1) is 11.5. The van der Waals surface area contributed by atoms with E-state index in [0.29, 0.717) is 29.4 Å². The molecule has 0 bridgehead atoms. The molecule has 1 N–H and O–H groups in total. The van der Waals surface area contributed by atoms with Gasteiger partial charge in [0.2, 0.25) is 5.89 Å². The van der Waals surface area contributed by atoms with Gasteiger partial charge in [-0.25, -0.2) is 0 Å². The fourth-order valence-electron chi connectivity index (χ4n) is 1.24. The lowest BCUT2D eigenvalue weighted by Gasteiger charge is -2.04. The van der Waals surface area contributed by atoms with Crippen molar-refractivity contribution in [2.45, 2.75) is 6.42 Å². The van der Waals surface area contributed by atoms with Crippen LogP contribution < -0.4 is 5.32 Å². The number of nitrogens with zero attached hydrogens (tertiary/aromatic N) is 3. The minimum absolute atomic E-state index is 0.253. The molecule has 7 heteroatoms. The number of halogens is 1. The smallest absolute Gasteiger partial charge is 0.252 e. The van der Waals surface area contributed by atoms with E-state index in [9.17, 15) is 4.79 Å². The molecule has 1 amide bonds. The Morgan fingerprint density at radius 2 is 2.41 bits per heavy atom. The van der Waals surface area contributed by atoms with Crippen molar-refractivity contribution in [2.75, 3.05) is 6.54 Å². The van der Waals surface area contributed by atoms with Gasteiger partial charge in [-0.3, -0.25) is 9.78 Å². The monoisotopic (exact) mass is 252 g/mol. The molecule has 0 unspecified atom stereocenters. The number of rotatable bonds is 4. The third-order valence-corrected chi connectivity index (χ3v) is 2.35. The molecule has 0 saturated carbocycles. The van der Waals surface area contributed by atoms with Crippen molar-refractivity contribution in [2.24, 2.45) is 0 Å². The number of aromatic nitrogens is 3. The van der Waals surface area contributed by atoms with Crippen molar-refractivity contribution in [3.05, 3.63) is 41.3 Å². The van der Waals surface area contributed by atoms with Gasteiger partial charge in [0.15, 0.2) is 6.33 Å². The second kappa shape index (κ2) is 5.40. The molecule has 88 valence electrons. The van der Waals surface area contributed by atoms with Gasteiger partial charge < -0.3 is 9.84 Å². The SMILES string of the molecule is O=C(NCCc1ncno1)c1ccncc1Cl. The van der Waals surface area contributed by atoms with E-state index in [0.717, 1.165) is 0 Å². The van der Waals surface area contributed by atoms with E-state index in [4.69, 9.17) is 16.1 Å². The highest BCUT2D eigenvalue weighted by atomic mass is 35.5. The van der Waals surface area contributed by atoms with Crippen molar-refractivity contribution in [1.82, 2.24) is 20.4 Å². The molecular formula is C10H9ClN4O2. The highest BCUT2D eigenvalue weighted by Crippen LogP contribution is 2.12. The normalized spacial score (nSPS) is 10.2. The number of hydrogen-bond donors (Lipinski definition) is 1. The molecule has 2 heterocycles. The first-order valence-corrected chi connectivity index (χ1v) is 5.28. The van der Waals surface area contributed by atoms with Crippen molar-refractivity contribution >= 4 is 17.5 Å². The van der Waals surface area contributed by atoms with Crippen LogP contribution >= 0.6 is 11.6 Å². The Labute approximate surface area is 102 Å². The maximum atomic E-state index is 11.7. The summed E-state index contributed by atoms with van der Waals surface area (Å²) in [5, 5.41) is 6.49. The molecule has 0 aliphatic carbocycles. The highest BCUT2D eigenvalue weighted by molar-refractivity contribution is 6.33. The lowest BCUT2D eigenvalue weighted by molar-refractivity contribution is 0.0953. The topological polar surface area (TPSA) is 80.9 Å². The van der Waals surface area contributed by atoms with E-state index in [-0.39, 0.29) is 5.91 Å². The Bertz CT molecular complexity index is 501. The first-order valence-electron chi connectivity index (χ1n) is 4.90. The molecule has 0 saturated heterocycles. The van der Waals surface area contributed by atoms with Crippen LogP contribution in [0.25, 0.3) is 0 Å². The molecule has 0 spiro atoms. The van der Waals surface area contributed by atoms with Crippen LogP contribution in [0.2, 0.25) is 5.02 Å².